The Morgan fingerprint density at radius 2 is 1.78 bits per heavy atom. The second-order valence-electron chi connectivity index (χ2n) is 10.2. The van der Waals surface area contributed by atoms with Crippen molar-refractivity contribution in [2.45, 2.75) is 24.5 Å². The summed E-state index contributed by atoms with van der Waals surface area (Å²) in [5, 5.41) is 38.6. The molecule has 0 fully saturated rings. The molecule has 0 aliphatic heterocycles. The molecule has 1 aliphatic rings. The number of H-pyrrole nitrogens is 1. The lowest BCUT2D eigenvalue weighted by atomic mass is 9.84. The van der Waals surface area contributed by atoms with Crippen LogP contribution in [-0.2, 0) is 33.8 Å². The fourth-order valence-corrected chi connectivity index (χ4v) is 5.98. The number of imidazole rings is 1. The molecule has 3 aromatic rings. The molecule has 0 saturated carbocycles. The fourth-order valence-electron chi connectivity index (χ4n) is 4.92. The van der Waals surface area contributed by atoms with Crippen molar-refractivity contribution in [2.75, 3.05) is 46.2 Å². The molecule has 45 heavy (non-hydrogen) atoms. The number of hydrogen-bond acceptors (Lipinski definition) is 10. The third-order valence-electron chi connectivity index (χ3n) is 7.20. The van der Waals surface area contributed by atoms with Crippen molar-refractivity contribution in [3.63, 3.8) is 0 Å². The standard InChI is InChI=1S/C30H38N6O8S/c1-2-42-12-13-44-15-14-43-11-5-10-34-28(39)20-16-22(21-6-3-4-7-25(21)37)26(38)30(18-20,45(33,40)41)29-35-23-9-8-19(27(31)32)17-24(23)36-29/h3-4,6-9,17-18,37-38H,2,5,10-16H2,1H3,(H3,31,32)(H,34,39)(H,35,36)(H2,33,40,41). The van der Waals surface area contributed by atoms with Crippen molar-refractivity contribution in [1.82, 2.24) is 15.3 Å². The number of aromatic nitrogens is 2. The predicted octanol–water partition coefficient (Wildman–Crippen LogP) is 1.91. The van der Waals surface area contributed by atoms with Crippen LogP contribution in [0.3, 0.4) is 0 Å². The third-order valence-corrected chi connectivity index (χ3v) is 8.60. The number of aromatic amines is 1. The van der Waals surface area contributed by atoms with Crippen LogP contribution in [0.4, 0.5) is 0 Å². The monoisotopic (exact) mass is 642 g/mol. The van der Waals surface area contributed by atoms with E-state index >= 15 is 0 Å². The number of benzene rings is 2. The highest BCUT2D eigenvalue weighted by molar-refractivity contribution is 7.90. The van der Waals surface area contributed by atoms with Crippen molar-refractivity contribution in [2.24, 2.45) is 10.9 Å². The van der Waals surface area contributed by atoms with Crippen LogP contribution in [0.15, 0.2) is 59.9 Å². The molecule has 2 aromatic carbocycles. The van der Waals surface area contributed by atoms with E-state index in [1.165, 1.54) is 18.2 Å². The maximum absolute atomic E-state index is 13.5. The summed E-state index contributed by atoms with van der Waals surface area (Å²) in [6.45, 7) is 4.87. The number of carbonyl (C=O) groups is 1. The number of hydrogen-bond donors (Lipinski definition) is 7. The first-order chi connectivity index (χ1) is 21.5. The molecule has 1 aliphatic carbocycles. The zero-order valence-electron chi connectivity index (χ0n) is 24.8. The minimum absolute atomic E-state index is 0.0198. The Morgan fingerprint density at radius 1 is 1.09 bits per heavy atom. The van der Waals surface area contributed by atoms with Crippen LogP contribution in [0.5, 0.6) is 5.75 Å². The number of amides is 1. The molecule has 4 rings (SSSR count). The Kier molecular flexibility index (Phi) is 11.0. The molecular formula is C30H38N6O8S. The van der Waals surface area contributed by atoms with Gasteiger partial charge in [0, 0.05) is 48.5 Å². The Hall–Kier alpha value is -4.28. The van der Waals surface area contributed by atoms with Crippen molar-refractivity contribution in [3.05, 3.63) is 76.8 Å². The number of nitrogen functional groups attached to an aromatic ring is 1. The number of primary sulfonamides is 1. The van der Waals surface area contributed by atoms with Crippen LogP contribution < -0.4 is 16.2 Å². The van der Waals surface area contributed by atoms with Crippen molar-refractivity contribution in [1.29, 1.82) is 5.41 Å². The summed E-state index contributed by atoms with van der Waals surface area (Å²) in [4.78, 5) is 20.8. The topological polar surface area (TPSA) is 236 Å². The number of nitrogens with one attached hydrogen (secondary N) is 3. The molecule has 0 spiro atoms. The number of nitrogens with two attached hydrogens (primary N) is 2. The van der Waals surface area contributed by atoms with Gasteiger partial charge >= 0.3 is 0 Å². The van der Waals surface area contributed by atoms with Crippen LogP contribution in [0.2, 0.25) is 0 Å². The van der Waals surface area contributed by atoms with Crippen LogP contribution in [-0.4, -0.2) is 86.5 Å². The van der Waals surface area contributed by atoms with Crippen LogP contribution in [0.25, 0.3) is 16.6 Å². The molecule has 9 N–H and O–H groups in total. The molecule has 1 amide bonds. The highest BCUT2D eigenvalue weighted by atomic mass is 32.2. The number of amidine groups is 1. The Morgan fingerprint density at radius 3 is 2.44 bits per heavy atom. The number of aliphatic hydroxyl groups excluding tert-OH is 1. The van der Waals surface area contributed by atoms with Crippen LogP contribution >= 0.6 is 0 Å². The van der Waals surface area contributed by atoms with Crippen molar-refractivity contribution >= 4 is 38.4 Å². The van der Waals surface area contributed by atoms with E-state index in [1.54, 1.807) is 24.3 Å². The van der Waals surface area contributed by atoms with Gasteiger partial charge in [-0.2, -0.15) is 0 Å². The molecule has 14 nitrogen and oxygen atoms in total. The van der Waals surface area contributed by atoms with E-state index in [1.807, 2.05) is 6.92 Å². The number of aliphatic hydroxyl groups is 1. The largest absolute Gasteiger partial charge is 0.509 e. The number of carbonyl (C=O) groups excluding carboxylic acids is 1. The van der Waals surface area contributed by atoms with E-state index in [0.717, 1.165) is 6.08 Å². The number of phenols is 1. The zero-order chi connectivity index (χ0) is 32.6. The van der Waals surface area contributed by atoms with E-state index in [2.05, 4.69) is 15.3 Å². The normalized spacial score (nSPS) is 17.0. The van der Waals surface area contributed by atoms with Gasteiger partial charge in [-0.25, -0.2) is 18.5 Å². The van der Waals surface area contributed by atoms with Gasteiger partial charge in [-0.15, -0.1) is 0 Å². The quantitative estimate of drug-likeness (QED) is 0.0681. The van der Waals surface area contributed by atoms with E-state index < -0.39 is 26.4 Å². The number of allylic oxidation sites excluding steroid dienone is 1. The summed E-state index contributed by atoms with van der Waals surface area (Å²) in [6.07, 6.45) is 1.33. The van der Waals surface area contributed by atoms with Crippen LogP contribution in [0.1, 0.15) is 36.7 Å². The molecule has 1 unspecified atom stereocenters. The zero-order valence-corrected chi connectivity index (χ0v) is 25.7. The van der Waals surface area contributed by atoms with Crippen molar-refractivity contribution < 1.29 is 37.6 Å². The summed E-state index contributed by atoms with van der Waals surface area (Å²) in [5.74, 6) is -2.06. The van der Waals surface area contributed by atoms with Crippen molar-refractivity contribution in [3.8, 4) is 5.75 Å². The van der Waals surface area contributed by atoms with Gasteiger partial charge in [-0.05, 0) is 43.7 Å². The number of nitrogens with zero attached hydrogens (tertiary/aromatic N) is 1. The third kappa shape index (κ3) is 7.51. The van der Waals surface area contributed by atoms with Gasteiger partial charge in [0.15, 0.2) is 0 Å². The van der Waals surface area contributed by atoms with Gasteiger partial charge < -0.3 is 40.5 Å². The highest BCUT2D eigenvalue weighted by Crippen LogP contribution is 2.47. The lowest BCUT2D eigenvalue weighted by Crippen LogP contribution is -2.45. The van der Waals surface area contributed by atoms with E-state index in [-0.39, 0.29) is 52.6 Å². The van der Waals surface area contributed by atoms with Gasteiger partial charge in [0.1, 0.15) is 23.2 Å². The number of fused-ring (bicyclic) bond motifs is 1. The average molecular weight is 643 g/mol. The first kappa shape index (κ1) is 33.6. The van der Waals surface area contributed by atoms with Gasteiger partial charge in [0.25, 0.3) is 0 Å². The number of aromatic hydroxyl groups is 1. The first-order valence-electron chi connectivity index (χ1n) is 14.3. The Bertz CT molecular complexity index is 1720. The SMILES string of the molecule is CCOCCOCCOCCCNC(=O)C1=CC(c2nc3cc(C(=N)N)ccc3[nH]2)(S(N)(=O)=O)C(O)=C(c2ccccc2O)C1. The first-order valence-corrected chi connectivity index (χ1v) is 15.8. The Balaban J connectivity index is 1.62. The van der Waals surface area contributed by atoms with Gasteiger partial charge in [0.2, 0.25) is 20.7 Å². The lowest BCUT2D eigenvalue weighted by Gasteiger charge is -2.32. The number of ether oxygens (including phenoxy) is 3. The maximum Gasteiger partial charge on any atom is 0.247 e. The summed E-state index contributed by atoms with van der Waals surface area (Å²) in [5.41, 5.74) is 6.66. The van der Waals surface area contributed by atoms with E-state index in [4.69, 9.17) is 30.5 Å². The number of phenolic OH excluding ortho intramolecular Hbond substituents is 1. The minimum Gasteiger partial charge on any atom is -0.509 e. The smallest absolute Gasteiger partial charge is 0.247 e. The molecule has 242 valence electrons. The number of para-hydroxylation sites is 1. The highest BCUT2D eigenvalue weighted by Gasteiger charge is 2.53. The fraction of sp³-hybridized carbons (Fsp3) is 0.367. The van der Waals surface area contributed by atoms with E-state index in [9.17, 15) is 23.4 Å². The van der Waals surface area contributed by atoms with Gasteiger partial charge in [-0.1, -0.05) is 18.2 Å². The number of sulfonamides is 1. The van der Waals surface area contributed by atoms with Gasteiger partial charge in [-0.3, -0.25) is 10.2 Å². The van der Waals surface area contributed by atoms with Gasteiger partial charge in [0.05, 0.1) is 37.5 Å². The lowest BCUT2D eigenvalue weighted by molar-refractivity contribution is -0.117. The van der Waals surface area contributed by atoms with E-state index in [0.29, 0.717) is 57.1 Å². The molecule has 1 aromatic heterocycles. The molecule has 1 atom stereocenters. The summed E-state index contributed by atoms with van der Waals surface area (Å²) in [6, 6.07) is 10.6. The minimum atomic E-state index is -4.78. The summed E-state index contributed by atoms with van der Waals surface area (Å²) >= 11 is 0. The second kappa shape index (κ2) is 14.7. The predicted molar refractivity (Wildman–Crippen MR) is 168 cm³/mol. The molecule has 15 heteroatoms. The molecule has 0 radical (unpaired) electrons. The van der Waals surface area contributed by atoms with Crippen LogP contribution in [0, 0.1) is 5.41 Å². The maximum atomic E-state index is 13.5. The molecule has 1 heterocycles. The number of rotatable bonds is 16. The summed E-state index contributed by atoms with van der Waals surface area (Å²) in [7, 11) is -4.78. The average Bonchev–Trinajstić information content (AvgIpc) is 3.43. The molecule has 0 saturated heterocycles. The molecular weight excluding hydrogens is 604 g/mol. The second-order valence-corrected chi connectivity index (χ2v) is 12.0. The summed E-state index contributed by atoms with van der Waals surface area (Å²) < 4.78 is 40.5. The Labute approximate surface area is 260 Å². The molecule has 0 bridgehead atoms.